The first-order valence-electron chi connectivity index (χ1n) is 7.35. The third-order valence-electron chi connectivity index (χ3n) is 3.72. The second-order valence-corrected chi connectivity index (χ2v) is 5.63. The number of para-hydroxylation sites is 1. The Kier molecular flexibility index (Phi) is 3.85. The zero-order valence-electron chi connectivity index (χ0n) is 12.6. The van der Waals surface area contributed by atoms with Gasteiger partial charge in [-0.3, -0.25) is 4.79 Å². The monoisotopic (exact) mass is 301 g/mol. The Labute approximate surface area is 128 Å². The summed E-state index contributed by atoms with van der Waals surface area (Å²) in [4.78, 5) is 16.4. The molecule has 22 heavy (non-hydrogen) atoms. The van der Waals surface area contributed by atoms with Gasteiger partial charge in [0.05, 0.1) is 24.7 Å². The molecule has 0 spiro atoms. The van der Waals surface area contributed by atoms with E-state index >= 15 is 0 Å². The summed E-state index contributed by atoms with van der Waals surface area (Å²) in [5, 5.41) is 12.8. The van der Waals surface area contributed by atoms with Crippen LogP contribution in [0.25, 0.3) is 0 Å². The van der Waals surface area contributed by atoms with E-state index in [1.54, 1.807) is 24.7 Å². The van der Waals surface area contributed by atoms with Crippen molar-refractivity contribution >= 4 is 11.6 Å². The van der Waals surface area contributed by atoms with Crippen LogP contribution in [-0.4, -0.2) is 27.2 Å². The number of hydrogen-bond donors (Lipinski definition) is 2. The van der Waals surface area contributed by atoms with Crippen molar-refractivity contribution in [3.8, 4) is 5.75 Å². The van der Waals surface area contributed by atoms with E-state index in [2.05, 4.69) is 10.3 Å². The van der Waals surface area contributed by atoms with E-state index in [9.17, 15) is 9.90 Å². The van der Waals surface area contributed by atoms with Crippen LogP contribution in [0, 0.1) is 0 Å². The fourth-order valence-corrected chi connectivity index (χ4v) is 2.43. The molecule has 1 aliphatic rings. The van der Waals surface area contributed by atoms with E-state index in [-0.39, 0.29) is 11.9 Å². The largest absolute Gasteiger partial charge is 0.491 e. The van der Waals surface area contributed by atoms with Crippen LogP contribution in [0.3, 0.4) is 0 Å². The summed E-state index contributed by atoms with van der Waals surface area (Å²) in [5.74, 6) is 0.245. The van der Waals surface area contributed by atoms with E-state index < -0.39 is 6.10 Å². The van der Waals surface area contributed by atoms with E-state index in [1.807, 2.05) is 24.5 Å². The highest BCUT2D eigenvalue weighted by Crippen LogP contribution is 2.37. The molecule has 1 aromatic carbocycles. The Balaban J connectivity index is 1.83. The van der Waals surface area contributed by atoms with Gasteiger partial charge in [0.1, 0.15) is 11.4 Å². The van der Waals surface area contributed by atoms with Gasteiger partial charge in [-0.25, -0.2) is 4.98 Å². The van der Waals surface area contributed by atoms with Gasteiger partial charge in [0, 0.05) is 24.2 Å². The first kappa shape index (κ1) is 14.6. The number of rotatable bonds is 3. The number of nitrogens with one attached hydrogen (secondary N) is 1. The lowest BCUT2D eigenvalue weighted by atomic mass is 10.0. The number of anilines is 1. The molecule has 2 heterocycles. The van der Waals surface area contributed by atoms with Crippen molar-refractivity contribution in [1.29, 1.82) is 0 Å². The molecule has 6 nitrogen and oxygen atoms in total. The predicted octanol–water partition coefficient (Wildman–Crippen LogP) is 2.53. The summed E-state index contributed by atoms with van der Waals surface area (Å²) in [5.41, 5.74) is 1.61. The average Bonchev–Trinajstić information content (AvgIpc) is 2.98. The second-order valence-electron chi connectivity index (χ2n) is 5.63. The number of nitrogens with zero attached hydrogens (tertiary/aromatic N) is 2. The summed E-state index contributed by atoms with van der Waals surface area (Å²) in [6.07, 6.45) is 3.36. The van der Waals surface area contributed by atoms with Crippen LogP contribution in [0.1, 0.15) is 48.5 Å². The van der Waals surface area contributed by atoms with Crippen LogP contribution in [0.15, 0.2) is 30.7 Å². The molecule has 1 amide bonds. The number of benzene rings is 1. The maximum absolute atomic E-state index is 12.3. The number of aromatic nitrogens is 2. The second kappa shape index (κ2) is 5.81. The first-order valence-corrected chi connectivity index (χ1v) is 7.35. The van der Waals surface area contributed by atoms with Crippen LogP contribution in [-0.2, 0) is 0 Å². The van der Waals surface area contributed by atoms with Gasteiger partial charge in [-0.1, -0.05) is 12.1 Å². The molecule has 116 valence electrons. The molecule has 2 N–H and O–H groups in total. The van der Waals surface area contributed by atoms with Crippen LogP contribution in [0.2, 0.25) is 0 Å². The number of ether oxygens (including phenoxy) is 1. The molecule has 0 aliphatic carbocycles. The first-order chi connectivity index (χ1) is 10.6. The number of carbonyl (C=O) groups is 1. The third-order valence-corrected chi connectivity index (χ3v) is 3.72. The Morgan fingerprint density at radius 3 is 3.05 bits per heavy atom. The van der Waals surface area contributed by atoms with E-state index in [4.69, 9.17) is 4.74 Å². The van der Waals surface area contributed by atoms with E-state index in [0.717, 1.165) is 0 Å². The zero-order valence-corrected chi connectivity index (χ0v) is 12.6. The van der Waals surface area contributed by atoms with Crippen molar-refractivity contribution in [3.63, 3.8) is 0 Å². The molecule has 1 atom stereocenters. The number of aliphatic hydroxyl groups excluding tert-OH is 1. The number of amides is 1. The number of carbonyl (C=O) groups excluding carboxylic acids is 1. The quantitative estimate of drug-likeness (QED) is 0.913. The lowest BCUT2D eigenvalue weighted by Crippen LogP contribution is -2.18. The smallest absolute Gasteiger partial charge is 0.275 e. The molecule has 0 fully saturated rings. The van der Waals surface area contributed by atoms with Crippen molar-refractivity contribution in [1.82, 2.24) is 9.55 Å². The average molecular weight is 301 g/mol. The highest BCUT2D eigenvalue weighted by atomic mass is 16.5. The summed E-state index contributed by atoms with van der Waals surface area (Å²) in [6.45, 7) is 4.47. The lowest BCUT2D eigenvalue weighted by molar-refractivity contribution is 0.101. The summed E-state index contributed by atoms with van der Waals surface area (Å²) in [7, 11) is 0. The van der Waals surface area contributed by atoms with Gasteiger partial charge in [-0.05, 0) is 19.9 Å². The van der Waals surface area contributed by atoms with Gasteiger partial charge in [0.2, 0.25) is 0 Å². The van der Waals surface area contributed by atoms with E-state index in [0.29, 0.717) is 35.7 Å². The van der Waals surface area contributed by atoms with Crippen molar-refractivity contribution < 1.29 is 14.6 Å². The van der Waals surface area contributed by atoms with Crippen LogP contribution >= 0.6 is 0 Å². The number of fused-ring (bicyclic) bond motifs is 1. The molecule has 0 radical (unpaired) electrons. The van der Waals surface area contributed by atoms with Crippen molar-refractivity contribution in [2.24, 2.45) is 0 Å². The van der Waals surface area contributed by atoms with E-state index in [1.165, 1.54) is 0 Å². The Bertz CT molecular complexity index is 694. The Hall–Kier alpha value is -2.34. The maximum atomic E-state index is 12.3. The van der Waals surface area contributed by atoms with Crippen LogP contribution < -0.4 is 10.1 Å². The highest BCUT2D eigenvalue weighted by Gasteiger charge is 2.23. The van der Waals surface area contributed by atoms with Crippen molar-refractivity contribution in [3.05, 3.63) is 42.0 Å². The van der Waals surface area contributed by atoms with Gasteiger partial charge in [0.15, 0.2) is 0 Å². The molecule has 0 saturated heterocycles. The minimum atomic E-state index is -0.555. The predicted molar refractivity (Wildman–Crippen MR) is 82.1 cm³/mol. The standard InChI is InChI=1S/C16H19N3O3/c1-10(2)19-8-13(17-9-19)16(21)18-12-5-3-4-11-14(20)6-7-22-15(11)12/h3-5,8-10,14,20H,6-7H2,1-2H3,(H,18,21). The summed E-state index contributed by atoms with van der Waals surface area (Å²) < 4.78 is 7.48. The number of aliphatic hydroxyl groups is 1. The lowest BCUT2D eigenvalue weighted by Gasteiger charge is -2.24. The normalized spacial score (nSPS) is 17.0. The molecule has 1 aliphatic heterocycles. The van der Waals surface area contributed by atoms with Gasteiger partial charge in [-0.2, -0.15) is 0 Å². The number of hydrogen-bond acceptors (Lipinski definition) is 4. The van der Waals surface area contributed by atoms with Crippen molar-refractivity contribution in [2.75, 3.05) is 11.9 Å². The molecule has 2 aromatic rings. The fraction of sp³-hybridized carbons (Fsp3) is 0.375. The molecule has 0 saturated carbocycles. The van der Waals surface area contributed by atoms with Gasteiger partial charge < -0.3 is 19.7 Å². The van der Waals surface area contributed by atoms with Gasteiger partial charge >= 0.3 is 0 Å². The fourth-order valence-electron chi connectivity index (χ4n) is 2.43. The molecule has 0 bridgehead atoms. The maximum Gasteiger partial charge on any atom is 0.275 e. The molecule has 1 aromatic heterocycles. The molecular formula is C16H19N3O3. The molecule has 6 heteroatoms. The molecular weight excluding hydrogens is 282 g/mol. The number of imidazole rings is 1. The highest BCUT2D eigenvalue weighted by molar-refractivity contribution is 6.03. The van der Waals surface area contributed by atoms with Gasteiger partial charge in [0.25, 0.3) is 5.91 Å². The minimum absolute atomic E-state index is 0.247. The van der Waals surface area contributed by atoms with Crippen LogP contribution in [0.5, 0.6) is 5.75 Å². The minimum Gasteiger partial charge on any atom is -0.491 e. The van der Waals surface area contributed by atoms with Crippen molar-refractivity contribution in [2.45, 2.75) is 32.4 Å². The SMILES string of the molecule is CC(C)n1cnc(C(=O)Nc2cccc3c2OCCC3O)c1. The third kappa shape index (κ3) is 2.69. The summed E-state index contributed by atoms with van der Waals surface area (Å²) in [6, 6.07) is 5.60. The summed E-state index contributed by atoms with van der Waals surface area (Å²) >= 11 is 0. The zero-order chi connectivity index (χ0) is 15.7. The molecule has 1 unspecified atom stereocenters. The Morgan fingerprint density at radius 2 is 2.32 bits per heavy atom. The van der Waals surface area contributed by atoms with Crippen LogP contribution in [0.4, 0.5) is 5.69 Å². The Morgan fingerprint density at radius 1 is 1.50 bits per heavy atom. The van der Waals surface area contributed by atoms with Gasteiger partial charge in [-0.15, -0.1) is 0 Å². The topological polar surface area (TPSA) is 76.4 Å². The molecule has 3 rings (SSSR count).